The van der Waals surface area contributed by atoms with Crippen LogP contribution >= 0.6 is 0 Å². The molecule has 1 aliphatic rings. The average Bonchev–Trinajstić information content (AvgIpc) is 2.49. The predicted octanol–water partition coefficient (Wildman–Crippen LogP) is 4.41. The molecule has 0 spiro atoms. The van der Waals surface area contributed by atoms with E-state index in [1.807, 2.05) is 6.07 Å². The van der Waals surface area contributed by atoms with Gasteiger partial charge < -0.3 is 9.47 Å². The molecule has 1 aromatic rings. The molecule has 0 aliphatic carbocycles. The van der Waals surface area contributed by atoms with Gasteiger partial charge in [-0.2, -0.15) is 0 Å². The Kier molecular flexibility index (Phi) is 6.12. The Morgan fingerprint density at radius 2 is 2.05 bits per heavy atom. The van der Waals surface area contributed by atoms with Crippen molar-refractivity contribution in [1.29, 1.82) is 0 Å². The van der Waals surface area contributed by atoms with E-state index in [9.17, 15) is 0 Å². The van der Waals surface area contributed by atoms with E-state index in [0.29, 0.717) is 0 Å². The summed E-state index contributed by atoms with van der Waals surface area (Å²) in [6, 6.07) is 10.4. The van der Waals surface area contributed by atoms with Crippen LogP contribution in [0.3, 0.4) is 0 Å². The summed E-state index contributed by atoms with van der Waals surface area (Å²) in [5.41, 5.74) is 2.47. The molecule has 1 aliphatic heterocycles. The van der Waals surface area contributed by atoms with Crippen molar-refractivity contribution >= 4 is 5.57 Å². The fourth-order valence-electron chi connectivity index (χ4n) is 2.32. The van der Waals surface area contributed by atoms with Crippen LogP contribution in [0.15, 0.2) is 36.9 Å². The zero-order chi connectivity index (χ0) is 13.3. The first-order valence-corrected chi connectivity index (χ1v) is 7.32. The first kappa shape index (κ1) is 14.3. The van der Waals surface area contributed by atoms with Gasteiger partial charge in [0.2, 0.25) is 0 Å². The highest BCUT2D eigenvalue weighted by Crippen LogP contribution is 2.19. The lowest BCUT2D eigenvalue weighted by Gasteiger charge is -2.22. The minimum atomic E-state index is 0.0473. The van der Waals surface area contributed by atoms with E-state index in [4.69, 9.17) is 9.47 Å². The minimum absolute atomic E-state index is 0.0473. The minimum Gasteiger partial charge on any atom is -0.353 e. The Balaban J connectivity index is 1.55. The van der Waals surface area contributed by atoms with Crippen LogP contribution < -0.4 is 0 Å². The standard InChI is InChI=1S/C17H24O2/c1-15(16-10-3-2-4-11-16)9-5-7-13-18-17-12-6-8-14-19-17/h2-4,10-11,17H,1,5-9,12-14H2. The first-order valence-electron chi connectivity index (χ1n) is 7.32. The lowest BCUT2D eigenvalue weighted by Crippen LogP contribution is -2.22. The van der Waals surface area contributed by atoms with Gasteiger partial charge in [0.15, 0.2) is 6.29 Å². The first-order chi connectivity index (χ1) is 9.36. The van der Waals surface area contributed by atoms with Crippen LogP contribution in [-0.2, 0) is 9.47 Å². The quantitative estimate of drug-likeness (QED) is 0.676. The molecule has 1 fully saturated rings. The molecule has 0 amide bonds. The summed E-state index contributed by atoms with van der Waals surface area (Å²) in [5.74, 6) is 0. The Morgan fingerprint density at radius 1 is 1.21 bits per heavy atom. The van der Waals surface area contributed by atoms with Crippen molar-refractivity contribution in [1.82, 2.24) is 0 Å². The van der Waals surface area contributed by atoms with Crippen LogP contribution in [0, 0.1) is 0 Å². The van der Waals surface area contributed by atoms with E-state index < -0.39 is 0 Å². The number of unbranched alkanes of at least 4 members (excludes halogenated alkanes) is 1. The van der Waals surface area contributed by atoms with Crippen LogP contribution in [0.2, 0.25) is 0 Å². The molecule has 2 heteroatoms. The lowest BCUT2D eigenvalue weighted by molar-refractivity contribution is -0.162. The molecule has 1 heterocycles. The molecule has 1 atom stereocenters. The summed E-state index contributed by atoms with van der Waals surface area (Å²) in [6.07, 6.45) is 6.75. The van der Waals surface area contributed by atoms with E-state index in [2.05, 4.69) is 30.8 Å². The Morgan fingerprint density at radius 3 is 2.79 bits per heavy atom. The highest BCUT2D eigenvalue weighted by molar-refractivity contribution is 5.62. The third-order valence-electron chi connectivity index (χ3n) is 3.50. The van der Waals surface area contributed by atoms with E-state index in [-0.39, 0.29) is 6.29 Å². The Bertz CT molecular complexity index is 366. The molecule has 1 aromatic carbocycles. The SMILES string of the molecule is C=C(CCCCOC1CCCCO1)c1ccccc1. The summed E-state index contributed by atoms with van der Waals surface area (Å²) in [7, 11) is 0. The van der Waals surface area contributed by atoms with Gasteiger partial charge >= 0.3 is 0 Å². The number of rotatable bonds is 7. The van der Waals surface area contributed by atoms with Crippen molar-refractivity contribution in [2.24, 2.45) is 0 Å². The average molecular weight is 260 g/mol. The van der Waals surface area contributed by atoms with Gasteiger partial charge in [0.25, 0.3) is 0 Å². The largest absolute Gasteiger partial charge is 0.353 e. The molecule has 1 unspecified atom stereocenters. The molecule has 19 heavy (non-hydrogen) atoms. The number of ether oxygens (including phenoxy) is 2. The fraction of sp³-hybridized carbons (Fsp3) is 0.529. The van der Waals surface area contributed by atoms with E-state index in [1.165, 1.54) is 24.0 Å². The molecule has 104 valence electrons. The van der Waals surface area contributed by atoms with Gasteiger partial charge in [0.05, 0.1) is 0 Å². The van der Waals surface area contributed by atoms with E-state index in [0.717, 1.165) is 38.9 Å². The second-order valence-corrected chi connectivity index (χ2v) is 5.09. The van der Waals surface area contributed by atoms with Gasteiger partial charge in [-0.25, -0.2) is 0 Å². The number of allylic oxidation sites excluding steroid dienone is 1. The molecule has 0 N–H and O–H groups in total. The maximum absolute atomic E-state index is 5.72. The number of benzene rings is 1. The topological polar surface area (TPSA) is 18.5 Å². The third-order valence-corrected chi connectivity index (χ3v) is 3.50. The molecule has 0 saturated carbocycles. The fourth-order valence-corrected chi connectivity index (χ4v) is 2.32. The van der Waals surface area contributed by atoms with Crippen molar-refractivity contribution in [3.05, 3.63) is 42.5 Å². The van der Waals surface area contributed by atoms with Gasteiger partial charge in [0.1, 0.15) is 0 Å². The molecule has 0 radical (unpaired) electrons. The van der Waals surface area contributed by atoms with Crippen LogP contribution in [-0.4, -0.2) is 19.5 Å². The number of hydrogen-bond donors (Lipinski definition) is 0. The summed E-state index contributed by atoms with van der Waals surface area (Å²) in [5, 5.41) is 0. The van der Waals surface area contributed by atoms with Crippen molar-refractivity contribution in [2.75, 3.05) is 13.2 Å². The van der Waals surface area contributed by atoms with Crippen LogP contribution in [0.1, 0.15) is 44.1 Å². The van der Waals surface area contributed by atoms with Crippen LogP contribution in [0.5, 0.6) is 0 Å². The molecule has 0 aromatic heterocycles. The van der Waals surface area contributed by atoms with Crippen molar-refractivity contribution in [2.45, 2.75) is 44.8 Å². The second kappa shape index (κ2) is 8.13. The normalized spacial score (nSPS) is 19.3. The highest BCUT2D eigenvalue weighted by atomic mass is 16.7. The van der Waals surface area contributed by atoms with Crippen molar-refractivity contribution in [3.63, 3.8) is 0 Å². The molecule has 1 saturated heterocycles. The maximum atomic E-state index is 5.72. The zero-order valence-corrected chi connectivity index (χ0v) is 11.6. The summed E-state index contributed by atoms with van der Waals surface area (Å²) in [4.78, 5) is 0. The van der Waals surface area contributed by atoms with Gasteiger partial charge in [-0.3, -0.25) is 0 Å². The smallest absolute Gasteiger partial charge is 0.157 e. The third kappa shape index (κ3) is 5.17. The molecular formula is C17H24O2. The lowest BCUT2D eigenvalue weighted by atomic mass is 10.0. The van der Waals surface area contributed by atoms with Gasteiger partial charge in [-0.05, 0) is 49.7 Å². The Hall–Kier alpha value is -1.12. The van der Waals surface area contributed by atoms with E-state index >= 15 is 0 Å². The molecule has 0 bridgehead atoms. The van der Waals surface area contributed by atoms with Gasteiger partial charge in [-0.1, -0.05) is 36.9 Å². The van der Waals surface area contributed by atoms with Gasteiger partial charge in [0, 0.05) is 13.2 Å². The van der Waals surface area contributed by atoms with Crippen LogP contribution in [0.25, 0.3) is 5.57 Å². The molecular weight excluding hydrogens is 236 g/mol. The zero-order valence-electron chi connectivity index (χ0n) is 11.6. The molecule has 2 nitrogen and oxygen atoms in total. The maximum Gasteiger partial charge on any atom is 0.157 e. The second-order valence-electron chi connectivity index (χ2n) is 5.09. The highest BCUT2D eigenvalue weighted by Gasteiger charge is 2.13. The van der Waals surface area contributed by atoms with Crippen molar-refractivity contribution < 1.29 is 9.47 Å². The van der Waals surface area contributed by atoms with Gasteiger partial charge in [-0.15, -0.1) is 0 Å². The Labute approximate surface area is 116 Å². The number of hydrogen-bond acceptors (Lipinski definition) is 2. The van der Waals surface area contributed by atoms with Crippen LogP contribution in [0.4, 0.5) is 0 Å². The van der Waals surface area contributed by atoms with E-state index in [1.54, 1.807) is 0 Å². The predicted molar refractivity (Wildman–Crippen MR) is 78.9 cm³/mol. The molecule has 2 rings (SSSR count). The monoisotopic (exact) mass is 260 g/mol. The summed E-state index contributed by atoms with van der Waals surface area (Å²) in [6.45, 7) is 5.80. The van der Waals surface area contributed by atoms with Crippen molar-refractivity contribution in [3.8, 4) is 0 Å². The summed E-state index contributed by atoms with van der Waals surface area (Å²) < 4.78 is 11.3. The summed E-state index contributed by atoms with van der Waals surface area (Å²) >= 11 is 0.